The number of H-pyrrole nitrogens is 1. The fourth-order valence-electron chi connectivity index (χ4n) is 2.56. The summed E-state index contributed by atoms with van der Waals surface area (Å²) in [6, 6.07) is 3.70. The number of nitrogens with one attached hydrogen (secondary N) is 2. The number of rotatable bonds is 7. The van der Waals surface area contributed by atoms with Crippen molar-refractivity contribution < 1.29 is 8.42 Å². The van der Waals surface area contributed by atoms with E-state index in [0.717, 1.165) is 24.5 Å². The highest BCUT2D eigenvalue weighted by Crippen LogP contribution is 2.20. The number of nitrogens with zero attached hydrogens (tertiary/aromatic N) is 3. The molecule has 0 fully saturated rings. The Morgan fingerprint density at radius 1 is 1.26 bits per heavy atom. The summed E-state index contributed by atoms with van der Waals surface area (Å²) in [5.41, 5.74) is 1.84. The van der Waals surface area contributed by atoms with Crippen LogP contribution in [0.5, 0.6) is 0 Å². The second kappa shape index (κ2) is 7.10. The Bertz CT molecular complexity index is 746. The van der Waals surface area contributed by atoms with E-state index in [2.05, 4.69) is 24.8 Å². The van der Waals surface area contributed by atoms with Crippen LogP contribution < -0.4 is 9.62 Å². The van der Waals surface area contributed by atoms with Gasteiger partial charge in [-0.2, -0.15) is 5.10 Å². The fourth-order valence-corrected chi connectivity index (χ4v) is 3.93. The molecular weight excluding hydrogens is 314 g/mol. The molecule has 0 amide bonds. The summed E-state index contributed by atoms with van der Waals surface area (Å²) in [5, 5.41) is 6.64. The molecule has 0 aliphatic heterocycles. The van der Waals surface area contributed by atoms with Crippen LogP contribution in [0.25, 0.3) is 0 Å². The number of pyridine rings is 1. The van der Waals surface area contributed by atoms with Crippen LogP contribution in [0.3, 0.4) is 0 Å². The van der Waals surface area contributed by atoms with Crippen molar-refractivity contribution in [2.45, 2.75) is 39.1 Å². The van der Waals surface area contributed by atoms with Crippen molar-refractivity contribution in [3.8, 4) is 0 Å². The normalized spacial score (nSPS) is 11.7. The van der Waals surface area contributed by atoms with Crippen molar-refractivity contribution in [1.82, 2.24) is 19.9 Å². The molecule has 0 radical (unpaired) electrons. The van der Waals surface area contributed by atoms with E-state index in [1.807, 2.05) is 26.0 Å². The summed E-state index contributed by atoms with van der Waals surface area (Å²) in [6.45, 7) is 9.27. The minimum absolute atomic E-state index is 0.187. The number of hydrogen-bond acceptors (Lipinski definition) is 5. The van der Waals surface area contributed by atoms with Gasteiger partial charge in [0.25, 0.3) is 0 Å². The molecule has 0 unspecified atom stereocenters. The molecule has 7 nitrogen and oxygen atoms in total. The Balaban J connectivity index is 2.25. The zero-order valence-corrected chi connectivity index (χ0v) is 14.7. The van der Waals surface area contributed by atoms with Crippen LogP contribution in [-0.2, 0) is 16.6 Å². The van der Waals surface area contributed by atoms with Crippen molar-refractivity contribution in [3.05, 3.63) is 35.3 Å². The van der Waals surface area contributed by atoms with Crippen LogP contribution in [0.15, 0.2) is 23.2 Å². The van der Waals surface area contributed by atoms with Crippen molar-refractivity contribution in [2.75, 3.05) is 18.0 Å². The lowest BCUT2D eigenvalue weighted by atomic mass is 10.2. The van der Waals surface area contributed by atoms with E-state index in [1.54, 1.807) is 20.0 Å². The van der Waals surface area contributed by atoms with Crippen LogP contribution in [-0.4, -0.2) is 36.7 Å². The summed E-state index contributed by atoms with van der Waals surface area (Å²) in [5.74, 6) is 0.806. The van der Waals surface area contributed by atoms with Crippen LogP contribution in [0.1, 0.15) is 30.8 Å². The molecule has 2 heterocycles. The van der Waals surface area contributed by atoms with Crippen molar-refractivity contribution >= 4 is 15.8 Å². The van der Waals surface area contributed by atoms with E-state index in [4.69, 9.17) is 0 Å². The van der Waals surface area contributed by atoms with Gasteiger partial charge in [-0.25, -0.2) is 18.1 Å². The molecule has 0 saturated carbocycles. The highest BCUT2D eigenvalue weighted by atomic mass is 32.2. The SMILES string of the molecule is CCN(CC)c1ncccc1CNS(=O)(=O)c1c(C)n[nH]c1C. The highest BCUT2D eigenvalue weighted by Gasteiger charge is 2.22. The summed E-state index contributed by atoms with van der Waals surface area (Å²) >= 11 is 0. The van der Waals surface area contributed by atoms with Gasteiger partial charge < -0.3 is 4.90 Å². The number of sulfonamides is 1. The van der Waals surface area contributed by atoms with Gasteiger partial charge in [0.1, 0.15) is 10.7 Å². The molecule has 8 heteroatoms. The van der Waals surface area contributed by atoms with Crippen LogP contribution in [0, 0.1) is 13.8 Å². The van der Waals surface area contributed by atoms with Crippen molar-refractivity contribution in [3.63, 3.8) is 0 Å². The maximum absolute atomic E-state index is 12.5. The minimum Gasteiger partial charge on any atom is -0.357 e. The largest absolute Gasteiger partial charge is 0.357 e. The molecule has 2 aromatic heterocycles. The molecule has 2 N–H and O–H groups in total. The van der Waals surface area contributed by atoms with E-state index in [1.165, 1.54) is 0 Å². The molecule has 0 aliphatic carbocycles. The summed E-state index contributed by atoms with van der Waals surface area (Å²) in [6.07, 6.45) is 1.72. The number of aromatic amines is 1. The first-order valence-corrected chi connectivity index (χ1v) is 9.09. The van der Waals surface area contributed by atoms with E-state index in [0.29, 0.717) is 11.4 Å². The van der Waals surface area contributed by atoms with Gasteiger partial charge in [-0.05, 0) is 33.8 Å². The Labute approximate surface area is 137 Å². The zero-order valence-electron chi connectivity index (χ0n) is 13.9. The molecular formula is C15H23N5O2S. The lowest BCUT2D eigenvalue weighted by Gasteiger charge is -2.22. The maximum atomic E-state index is 12.5. The standard InChI is InChI=1S/C15H23N5O2S/c1-5-20(6-2)15-13(8-7-9-16-15)10-17-23(21,22)14-11(3)18-19-12(14)4/h7-9,17H,5-6,10H2,1-4H3,(H,18,19). The topological polar surface area (TPSA) is 91.0 Å². The predicted molar refractivity (Wildman–Crippen MR) is 89.9 cm³/mol. The average Bonchev–Trinajstić information content (AvgIpc) is 2.87. The van der Waals surface area contributed by atoms with Crippen LogP contribution in [0.4, 0.5) is 5.82 Å². The maximum Gasteiger partial charge on any atom is 0.244 e. The third kappa shape index (κ3) is 3.70. The molecule has 0 bridgehead atoms. The van der Waals surface area contributed by atoms with Gasteiger partial charge in [0.05, 0.1) is 11.4 Å². The monoisotopic (exact) mass is 337 g/mol. The first kappa shape index (κ1) is 17.4. The van der Waals surface area contributed by atoms with Crippen LogP contribution in [0.2, 0.25) is 0 Å². The second-order valence-corrected chi connectivity index (χ2v) is 6.95. The summed E-state index contributed by atoms with van der Waals surface area (Å²) < 4.78 is 27.7. The van der Waals surface area contributed by atoms with Crippen molar-refractivity contribution in [1.29, 1.82) is 0 Å². The summed E-state index contributed by atoms with van der Waals surface area (Å²) in [7, 11) is -3.62. The molecule has 2 rings (SSSR count). The molecule has 0 aromatic carbocycles. The fraction of sp³-hybridized carbons (Fsp3) is 0.467. The molecule has 0 spiro atoms. The molecule has 126 valence electrons. The Morgan fingerprint density at radius 2 is 1.96 bits per heavy atom. The Kier molecular flexibility index (Phi) is 5.38. The van der Waals surface area contributed by atoms with Gasteiger partial charge in [0.15, 0.2) is 0 Å². The van der Waals surface area contributed by atoms with Gasteiger partial charge in [-0.3, -0.25) is 5.10 Å². The van der Waals surface area contributed by atoms with Gasteiger partial charge in [0.2, 0.25) is 10.0 Å². The van der Waals surface area contributed by atoms with Crippen LogP contribution >= 0.6 is 0 Å². The van der Waals surface area contributed by atoms with E-state index >= 15 is 0 Å². The lowest BCUT2D eigenvalue weighted by Crippen LogP contribution is -2.28. The first-order valence-electron chi connectivity index (χ1n) is 7.60. The molecule has 0 atom stereocenters. The second-order valence-electron chi connectivity index (χ2n) is 5.25. The molecule has 0 saturated heterocycles. The number of hydrogen-bond donors (Lipinski definition) is 2. The average molecular weight is 337 g/mol. The summed E-state index contributed by atoms with van der Waals surface area (Å²) in [4.78, 5) is 6.70. The van der Waals surface area contributed by atoms with Crippen molar-refractivity contribution in [2.24, 2.45) is 0 Å². The molecule has 0 aliphatic rings. The smallest absolute Gasteiger partial charge is 0.244 e. The third-order valence-corrected chi connectivity index (χ3v) is 5.38. The zero-order chi connectivity index (χ0) is 17.0. The van der Waals surface area contributed by atoms with Gasteiger partial charge in [-0.1, -0.05) is 6.07 Å². The molecule has 23 heavy (non-hydrogen) atoms. The third-order valence-electron chi connectivity index (χ3n) is 3.71. The Morgan fingerprint density at radius 3 is 2.52 bits per heavy atom. The predicted octanol–water partition coefficient (Wildman–Crippen LogP) is 1.75. The van der Waals surface area contributed by atoms with E-state index in [9.17, 15) is 8.42 Å². The van der Waals surface area contributed by atoms with Gasteiger partial charge in [-0.15, -0.1) is 0 Å². The van der Waals surface area contributed by atoms with E-state index in [-0.39, 0.29) is 11.4 Å². The number of aryl methyl sites for hydroxylation is 2. The lowest BCUT2D eigenvalue weighted by molar-refractivity contribution is 0.580. The minimum atomic E-state index is -3.62. The highest BCUT2D eigenvalue weighted by molar-refractivity contribution is 7.89. The quantitative estimate of drug-likeness (QED) is 0.803. The number of anilines is 1. The Hall–Kier alpha value is -1.93. The first-order chi connectivity index (χ1) is 10.9. The van der Waals surface area contributed by atoms with E-state index < -0.39 is 10.0 Å². The van der Waals surface area contributed by atoms with Gasteiger partial charge in [0, 0.05) is 31.4 Å². The van der Waals surface area contributed by atoms with Gasteiger partial charge >= 0.3 is 0 Å². The number of aromatic nitrogens is 3. The molecule has 2 aromatic rings.